The molecule has 0 saturated heterocycles. The van der Waals surface area contributed by atoms with Gasteiger partial charge in [0.05, 0.1) is 6.54 Å². The van der Waals surface area contributed by atoms with Gasteiger partial charge < -0.3 is 0 Å². The van der Waals surface area contributed by atoms with E-state index in [1.54, 1.807) is 34.6 Å². The summed E-state index contributed by atoms with van der Waals surface area (Å²) in [6.45, 7) is 0.271. The first-order valence-electron chi connectivity index (χ1n) is 9.16. The monoisotopic (exact) mass is 401 g/mol. The van der Waals surface area contributed by atoms with Crippen LogP contribution >= 0.6 is 11.8 Å². The minimum Gasteiger partial charge on any atom is -0.227 e. The van der Waals surface area contributed by atoms with Gasteiger partial charge in [-0.15, -0.1) is 5.10 Å². The highest BCUT2D eigenvalue weighted by Gasteiger charge is 2.14. The van der Waals surface area contributed by atoms with Gasteiger partial charge in [0.25, 0.3) is 0 Å². The second-order valence-electron chi connectivity index (χ2n) is 6.62. The van der Waals surface area contributed by atoms with E-state index < -0.39 is 0 Å². The Morgan fingerprint density at radius 2 is 1.66 bits per heavy atom. The predicted octanol–water partition coefficient (Wildman–Crippen LogP) is 4.85. The van der Waals surface area contributed by atoms with Crippen molar-refractivity contribution in [1.82, 2.24) is 25.0 Å². The highest BCUT2D eigenvalue weighted by Crippen LogP contribution is 2.29. The SMILES string of the molecule is Fc1ccccc1Cn1nnc2c(SCc3cccc4ccccc34)ncnc21. The van der Waals surface area contributed by atoms with E-state index in [1.807, 2.05) is 12.1 Å². The van der Waals surface area contributed by atoms with Crippen LogP contribution in [0.15, 0.2) is 78.1 Å². The van der Waals surface area contributed by atoms with Crippen LogP contribution in [0.25, 0.3) is 21.9 Å². The Morgan fingerprint density at radius 3 is 2.59 bits per heavy atom. The third-order valence-corrected chi connectivity index (χ3v) is 5.82. The Labute approximate surface area is 170 Å². The molecule has 0 amide bonds. The van der Waals surface area contributed by atoms with Crippen LogP contribution in [0.4, 0.5) is 4.39 Å². The average Bonchev–Trinajstić information content (AvgIpc) is 3.17. The van der Waals surface area contributed by atoms with E-state index in [2.05, 4.69) is 50.6 Å². The van der Waals surface area contributed by atoms with Crippen molar-refractivity contribution in [2.45, 2.75) is 17.3 Å². The lowest BCUT2D eigenvalue weighted by Gasteiger charge is -2.06. The average molecular weight is 401 g/mol. The van der Waals surface area contributed by atoms with Crippen LogP contribution in [0.3, 0.4) is 0 Å². The fraction of sp³-hybridized carbons (Fsp3) is 0.0909. The summed E-state index contributed by atoms with van der Waals surface area (Å²) in [5, 5.41) is 11.7. The van der Waals surface area contributed by atoms with Gasteiger partial charge >= 0.3 is 0 Å². The van der Waals surface area contributed by atoms with Gasteiger partial charge in [-0.25, -0.2) is 19.0 Å². The molecule has 0 spiro atoms. The molecular formula is C22H16FN5S. The molecule has 2 aromatic heterocycles. The quantitative estimate of drug-likeness (QED) is 0.311. The molecule has 0 unspecified atom stereocenters. The number of hydrogen-bond acceptors (Lipinski definition) is 5. The van der Waals surface area contributed by atoms with Gasteiger partial charge in [-0.1, -0.05) is 77.6 Å². The van der Waals surface area contributed by atoms with Crippen molar-refractivity contribution in [3.05, 3.63) is 90.0 Å². The first-order valence-corrected chi connectivity index (χ1v) is 10.2. The predicted molar refractivity (Wildman–Crippen MR) is 112 cm³/mol. The number of hydrogen-bond donors (Lipinski definition) is 0. The first-order chi connectivity index (χ1) is 14.3. The Balaban J connectivity index is 1.44. The molecule has 0 aliphatic heterocycles. The summed E-state index contributed by atoms with van der Waals surface area (Å²) in [5.41, 5.74) is 3.01. The van der Waals surface area contributed by atoms with Gasteiger partial charge in [-0.05, 0) is 22.4 Å². The van der Waals surface area contributed by atoms with Crippen molar-refractivity contribution in [1.29, 1.82) is 0 Å². The van der Waals surface area contributed by atoms with Gasteiger partial charge in [-0.3, -0.25) is 0 Å². The number of benzene rings is 3. The lowest BCUT2D eigenvalue weighted by molar-refractivity contribution is 0.582. The van der Waals surface area contributed by atoms with E-state index in [0.717, 1.165) is 10.8 Å². The van der Waals surface area contributed by atoms with Gasteiger partial charge in [0, 0.05) is 11.3 Å². The number of thioether (sulfide) groups is 1. The number of aromatic nitrogens is 5. The molecule has 0 radical (unpaired) electrons. The van der Waals surface area contributed by atoms with Crippen molar-refractivity contribution in [2.24, 2.45) is 0 Å². The Hall–Kier alpha value is -3.32. The molecule has 0 aliphatic rings. The number of rotatable bonds is 5. The molecule has 0 aliphatic carbocycles. The van der Waals surface area contributed by atoms with Crippen molar-refractivity contribution in [3.63, 3.8) is 0 Å². The third kappa shape index (κ3) is 3.45. The standard InChI is InChI=1S/C22H16FN5S/c23-19-11-4-2-7-16(19)12-28-21-20(26-27-28)22(25-14-24-21)29-13-17-9-5-8-15-6-1-3-10-18(15)17/h1-11,14H,12-13H2. The summed E-state index contributed by atoms with van der Waals surface area (Å²) in [6, 6.07) is 21.3. The smallest absolute Gasteiger partial charge is 0.183 e. The maximum absolute atomic E-state index is 14.0. The normalized spacial score (nSPS) is 11.3. The second-order valence-corrected chi connectivity index (χ2v) is 7.58. The van der Waals surface area contributed by atoms with Crippen LogP contribution in [0.1, 0.15) is 11.1 Å². The molecule has 0 saturated carbocycles. The number of fused-ring (bicyclic) bond motifs is 2. The van der Waals surface area contributed by atoms with Crippen LogP contribution < -0.4 is 0 Å². The van der Waals surface area contributed by atoms with E-state index in [4.69, 9.17) is 0 Å². The van der Waals surface area contributed by atoms with Crippen LogP contribution in [0.2, 0.25) is 0 Å². The van der Waals surface area contributed by atoms with E-state index >= 15 is 0 Å². The van der Waals surface area contributed by atoms with Crippen molar-refractivity contribution >= 4 is 33.7 Å². The maximum atomic E-state index is 14.0. The molecule has 5 nitrogen and oxygen atoms in total. The van der Waals surface area contributed by atoms with E-state index in [1.165, 1.54) is 28.7 Å². The lowest BCUT2D eigenvalue weighted by Crippen LogP contribution is -2.04. The zero-order valence-electron chi connectivity index (χ0n) is 15.4. The summed E-state index contributed by atoms with van der Waals surface area (Å²) < 4.78 is 15.6. The fourth-order valence-electron chi connectivity index (χ4n) is 3.34. The molecule has 7 heteroatoms. The van der Waals surface area contributed by atoms with Crippen LogP contribution in [-0.2, 0) is 12.3 Å². The molecule has 142 valence electrons. The molecule has 0 N–H and O–H groups in total. The largest absolute Gasteiger partial charge is 0.227 e. The summed E-state index contributed by atoms with van der Waals surface area (Å²) >= 11 is 1.60. The van der Waals surface area contributed by atoms with E-state index in [0.29, 0.717) is 16.7 Å². The molecule has 5 rings (SSSR count). The summed E-state index contributed by atoms with van der Waals surface area (Å²) in [6.07, 6.45) is 1.51. The molecule has 2 heterocycles. The molecule has 0 atom stereocenters. The minimum absolute atomic E-state index is 0.268. The van der Waals surface area contributed by atoms with E-state index in [9.17, 15) is 4.39 Å². The van der Waals surface area contributed by atoms with Gasteiger partial charge in [0.2, 0.25) is 0 Å². The third-order valence-electron chi connectivity index (χ3n) is 4.79. The van der Waals surface area contributed by atoms with Crippen molar-refractivity contribution in [3.8, 4) is 0 Å². The van der Waals surface area contributed by atoms with Crippen LogP contribution in [0.5, 0.6) is 0 Å². The molecule has 0 bridgehead atoms. The highest BCUT2D eigenvalue weighted by atomic mass is 32.2. The van der Waals surface area contributed by atoms with Gasteiger partial charge in [-0.2, -0.15) is 0 Å². The minimum atomic E-state index is -0.268. The molecular weight excluding hydrogens is 385 g/mol. The Bertz CT molecular complexity index is 1310. The molecule has 29 heavy (non-hydrogen) atoms. The van der Waals surface area contributed by atoms with Crippen molar-refractivity contribution in [2.75, 3.05) is 0 Å². The molecule has 5 aromatic rings. The molecule has 0 fully saturated rings. The van der Waals surface area contributed by atoms with Gasteiger partial charge in [0.15, 0.2) is 11.2 Å². The zero-order chi connectivity index (χ0) is 19.6. The Morgan fingerprint density at radius 1 is 0.862 bits per heavy atom. The number of halogens is 1. The van der Waals surface area contributed by atoms with Crippen molar-refractivity contribution < 1.29 is 4.39 Å². The Kier molecular flexibility index (Phi) is 4.65. The lowest BCUT2D eigenvalue weighted by atomic mass is 10.1. The summed E-state index contributed by atoms with van der Waals surface area (Å²) in [7, 11) is 0. The maximum Gasteiger partial charge on any atom is 0.183 e. The van der Waals surface area contributed by atoms with Crippen LogP contribution in [-0.4, -0.2) is 25.0 Å². The second kappa shape index (κ2) is 7.60. The highest BCUT2D eigenvalue weighted by molar-refractivity contribution is 7.98. The zero-order valence-corrected chi connectivity index (χ0v) is 16.2. The molecule has 3 aromatic carbocycles. The van der Waals surface area contributed by atoms with Crippen LogP contribution in [0, 0.1) is 5.82 Å². The number of nitrogens with zero attached hydrogens (tertiary/aromatic N) is 5. The fourth-order valence-corrected chi connectivity index (χ4v) is 4.27. The van der Waals surface area contributed by atoms with E-state index in [-0.39, 0.29) is 12.4 Å². The van der Waals surface area contributed by atoms with Gasteiger partial charge in [0.1, 0.15) is 17.2 Å². The topological polar surface area (TPSA) is 56.5 Å². The first kappa shape index (κ1) is 17.8. The summed E-state index contributed by atoms with van der Waals surface area (Å²) in [5.74, 6) is 0.490. The summed E-state index contributed by atoms with van der Waals surface area (Å²) in [4.78, 5) is 8.73.